The highest BCUT2D eigenvalue weighted by molar-refractivity contribution is 9.10. The van der Waals surface area contributed by atoms with Gasteiger partial charge >= 0.3 is 0 Å². The molecule has 1 N–H and O–H groups in total. The fraction of sp³-hybridized carbons (Fsp3) is 0.188. The first-order chi connectivity index (χ1) is 9.08. The van der Waals surface area contributed by atoms with Crippen molar-refractivity contribution in [2.45, 2.75) is 19.9 Å². The molecule has 0 aliphatic carbocycles. The molecule has 2 rings (SSSR count). The maximum absolute atomic E-state index is 12.2. The van der Waals surface area contributed by atoms with E-state index in [1.807, 2.05) is 62.4 Å². The average Bonchev–Trinajstić information content (AvgIpc) is 2.39. The summed E-state index contributed by atoms with van der Waals surface area (Å²) in [5, 5.41) is 3.01. The molecule has 0 unspecified atom stereocenters. The number of carbonyl (C=O) groups is 1. The van der Waals surface area contributed by atoms with Gasteiger partial charge in [0.1, 0.15) is 0 Å². The Morgan fingerprint density at radius 3 is 2.58 bits per heavy atom. The number of carbonyl (C=O) groups excluding carboxylic acids is 1. The molecule has 0 radical (unpaired) electrons. The monoisotopic (exact) mass is 317 g/mol. The van der Waals surface area contributed by atoms with Crippen LogP contribution in [0, 0.1) is 6.92 Å². The molecule has 3 heteroatoms. The van der Waals surface area contributed by atoms with Crippen LogP contribution in [0.15, 0.2) is 53.0 Å². The highest BCUT2D eigenvalue weighted by Crippen LogP contribution is 2.23. The topological polar surface area (TPSA) is 29.1 Å². The third kappa shape index (κ3) is 3.44. The molecular formula is C16H16BrNO. The maximum atomic E-state index is 12.2. The Morgan fingerprint density at radius 1 is 1.16 bits per heavy atom. The molecule has 1 atom stereocenters. The average molecular weight is 318 g/mol. The molecule has 0 aromatic heterocycles. The lowest BCUT2D eigenvalue weighted by molar-refractivity contribution is 0.0939. The molecule has 0 heterocycles. The standard InChI is InChI=1S/C16H16BrNO/c1-11-6-5-7-13(10-11)16(19)18-12(2)14-8-3-4-9-15(14)17/h3-10,12H,1-2H3,(H,18,19)/t12-/m0/s1. The zero-order valence-corrected chi connectivity index (χ0v) is 12.6. The first-order valence-electron chi connectivity index (χ1n) is 6.20. The summed E-state index contributed by atoms with van der Waals surface area (Å²) in [5.41, 5.74) is 2.85. The van der Waals surface area contributed by atoms with E-state index in [0.29, 0.717) is 5.56 Å². The summed E-state index contributed by atoms with van der Waals surface area (Å²) in [4.78, 5) is 12.2. The van der Waals surface area contributed by atoms with Crippen LogP contribution in [0.3, 0.4) is 0 Å². The van der Waals surface area contributed by atoms with Crippen molar-refractivity contribution in [1.82, 2.24) is 5.32 Å². The number of amides is 1. The highest BCUT2D eigenvalue weighted by Gasteiger charge is 2.13. The van der Waals surface area contributed by atoms with Crippen LogP contribution in [0.25, 0.3) is 0 Å². The second-order valence-electron chi connectivity index (χ2n) is 4.59. The van der Waals surface area contributed by atoms with E-state index in [9.17, 15) is 4.79 Å². The van der Waals surface area contributed by atoms with Crippen LogP contribution in [-0.2, 0) is 0 Å². The van der Waals surface area contributed by atoms with E-state index in [2.05, 4.69) is 21.2 Å². The van der Waals surface area contributed by atoms with Gasteiger partial charge in [-0.3, -0.25) is 4.79 Å². The number of hydrogen-bond acceptors (Lipinski definition) is 1. The van der Waals surface area contributed by atoms with Gasteiger partial charge in [0.25, 0.3) is 5.91 Å². The molecule has 0 fully saturated rings. The van der Waals surface area contributed by atoms with Crippen LogP contribution in [0.5, 0.6) is 0 Å². The molecule has 0 aliphatic rings. The summed E-state index contributed by atoms with van der Waals surface area (Å²) in [6.07, 6.45) is 0. The van der Waals surface area contributed by atoms with Gasteiger partial charge in [-0.2, -0.15) is 0 Å². The number of hydrogen-bond donors (Lipinski definition) is 1. The van der Waals surface area contributed by atoms with Gasteiger partial charge in [0.15, 0.2) is 0 Å². The molecule has 2 aromatic rings. The summed E-state index contributed by atoms with van der Waals surface area (Å²) in [7, 11) is 0. The zero-order chi connectivity index (χ0) is 13.8. The smallest absolute Gasteiger partial charge is 0.251 e. The Labute approximate surface area is 122 Å². The predicted octanol–water partition coefficient (Wildman–Crippen LogP) is 4.25. The van der Waals surface area contributed by atoms with Gasteiger partial charge < -0.3 is 5.32 Å². The summed E-state index contributed by atoms with van der Waals surface area (Å²) in [5.74, 6) is -0.0491. The van der Waals surface area contributed by atoms with Crippen molar-refractivity contribution in [3.63, 3.8) is 0 Å². The summed E-state index contributed by atoms with van der Waals surface area (Å²) >= 11 is 3.50. The van der Waals surface area contributed by atoms with Crippen molar-refractivity contribution >= 4 is 21.8 Å². The molecule has 2 nitrogen and oxygen atoms in total. The Morgan fingerprint density at radius 2 is 1.89 bits per heavy atom. The summed E-state index contributed by atoms with van der Waals surface area (Å²) in [6, 6.07) is 15.5. The third-order valence-corrected chi connectivity index (χ3v) is 3.72. The van der Waals surface area contributed by atoms with Gasteiger partial charge in [0.05, 0.1) is 6.04 Å². The molecule has 0 saturated heterocycles. The Kier molecular flexibility index (Phi) is 4.38. The number of nitrogens with one attached hydrogen (secondary N) is 1. The molecule has 19 heavy (non-hydrogen) atoms. The maximum Gasteiger partial charge on any atom is 0.251 e. The van der Waals surface area contributed by atoms with E-state index in [4.69, 9.17) is 0 Å². The molecule has 0 aliphatic heterocycles. The molecular weight excluding hydrogens is 302 g/mol. The molecule has 0 spiro atoms. The lowest BCUT2D eigenvalue weighted by atomic mass is 10.1. The van der Waals surface area contributed by atoms with E-state index in [1.165, 1.54) is 0 Å². The second-order valence-corrected chi connectivity index (χ2v) is 5.44. The van der Waals surface area contributed by atoms with Gasteiger partial charge in [0, 0.05) is 10.0 Å². The number of rotatable bonds is 3. The largest absolute Gasteiger partial charge is 0.345 e. The first-order valence-corrected chi connectivity index (χ1v) is 6.99. The van der Waals surface area contributed by atoms with Crippen LogP contribution < -0.4 is 5.32 Å². The van der Waals surface area contributed by atoms with Crippen molar-refractivity contribution in [3.8, 4) is 0 Å². The van der Waals surface area contributed by atoms with Crippen LogP contribution in [-0.4, -0.2) is 5.91 Å². The molecule has 1 amide bonds. The van der Waals surface area contributed by atoms with Crippen LogP contribution in [0.1, 0.15) is 34.5 Å². The number of aryl methyl sites for hydroxylation is 1. The lowest BCUT2D eigenvalue weighted by Crippen LogP contribution is -2.26. The Hall–Kier alpha value is -1.61. The van der Waals surface area contributed by atoms with Gasteiger partial charge in [-0.25, -0.2) is 0 Å². The first kappa shape index (κ1) is 13.8. The van der Waals surface area contributed by atoms with E-state index in [1.54, 1.807) is 0 Å². The summed E-state index contributed by atoms with van der Waals surface area (Å²) in [6.45, 7) is 3.96. The lowest BCUT2D eigenvalue weighted by Gasteiger charge is -2.16. The predicted molar refractivity (Wildman–Crippen MR) is 81.2 cm³/mol. The van der Waals surface area contributed by atoms with Crippen LogP contribution in [0.2, 0.25) is 0 Å². The minimum Gasteiger partial charge on any atom is -0.345 e. The summed E-state index contributed by atoms with van der Waals surface area (Å²) < 4.78 is 1.01. The normalized spacial score (nSPS) is 11.9. The minimum atomic E-state index is -0.0491. The van der Waals surface area contributed by atoms with Gasteiger partial charge in [-0.15, -0.1) is 0 Å². The van der Waals surface area contributed by atoms with E-state index < -0.39 is 0 Å². The molecule has 2 aromatic carbocycles. The SMILES string of the molecule is Cc1cccc(C(=O)N[C@@H](C)c2ccccc2Br)c1. The molecule has 0 saturated carbocycles. The van der Waals surface area contributed by atoms with Crippen LogP contribution in [0.4, 0.5) is 0 Å². The quantitative estimate of drug-likeness (QED) is 0.901. The van der Waals surface area contributed by atoms with Gasteiger partial charge in [0.2, 0.25) is 0 Å². The van der Waals surface area contributed by atoms with Gasteiger partial charge in [-0.1, -0.05) is 51.8 Å². The fourth-order valence-corrected chi connectivity index (χ4v) is 2.60. The number of halogens is 1. The fourth-order valence-electron chi connectivity index (χ4n) is 1.97. The molecule has 0 bridgehead atoms. The Balaban J connectivity index is 2.13. The highest BCUT2D eigenvalue weighted by atomic mass is 79.9. The van der Waals surface area contributed by atoms with Crippen molar-refractivity contribution in [2.24, 2.45) is 0 Å². The number of benzene rings is 2. The van der Waals surface area contributed by atoms with E-state index in [-0.39, 0.29) is 11.9 Å². The van der Waals surface area contributed by atoms with Crippen molar-refractivity contribution in [3.05, 3.63) is 69.7 Å². The van der Waals surface area contributed by atoms with E-state index >= 15 is 0 Å². The second kappa shape index (κ2) is 6.02. The Bertz CT molecular complexity index is 595. The zero-order valence-electron chi connectivity index (χ0n) is 11.0. The van der Waals surface area contributed by atoms with Gasteiger partial charge in [-0.05, 0) is 37.6 Å². The van der Waals surface area contributed by atoms with E-state index in [0.717, 1.165) is 15.6 Å². The van der Waals surface area contributed by atoms with Crippen LogP contribution >= 0.6 is 15.9 Å². The third-order valence-electron chi connectivity index (χ3n) is 3.00. The van der Waals surface area contributed by atoms with Crippen molar-refractivity contribution < 1.29 is 4.79 Å². The van der Waals surface area contributed by atoms with Crippen molar-refractivity contribution in [2.75, 3.05) is 0 Å². The molecule has 98 valence electrons. The minimum absolute atomic E-state index is 0.0383. The van der Waals surface area contributed by atoms with Crippen molar-refractivity contribution in [1.29, 1.82) is 0 Å².